The second-order valence-corrected chi connectivity index (χ2v) is 13.6. The second kappa shape index (κ2) is 14.1. The van der Waals surface area contributed by atoms with Crippen molar-refractivity contribution in [1.29, 1.82) is 0 Å². The molecule has 5 atom stereocenters. The maximum Gasteiger partial charge on any atom is 0.229 e. The summed E-state index contributed by atoms with van der Waals surface area (Å²) in [4.78, 5) is 18.6. The third-order valence-electron chi connectivity index (χ3n) is 10.1. The zero-order valence-electron chi connectivity index (χ0n) is 26.9. The number of benzene rings is 2. The molecule has 0 bridgehead atoms. The Labute approximate surface area is 273 Å². The van der Waals surface area contributed by atoms with Gasteiger partial charge in [-0.2, -0.15) is 0 Å². The van der Waals surface area contributed by atoms with Crippen molar-refractivity contribution in [3.8, 4) is 28.4 Å². The molecule has 12 nitrogen and oxygen atoms in total. The Morgan fingerprint density at radius 3 is 1.96 bits per heavy atom. The number of nitrogens with zero attached hydrogens (tertiary/aromatic N) is 2. The zero-order chi connectivity index (χ0) is 33.4. The van der Waals surface area contributed by atoms with E-state index in [0.717, 1.165) is 51.9 Å². The van der Waals surface area contributed by atoms with Gasteiger partial charge in [-0.3, -0.25) is 14.6 Å². The summed E-state index contributed by atoms with van der Waals surface area (Å²) in [5.74, 6) is 1.18. The van der Waals surface area contributed by atoms with Crippen molar-refractivity contribution in [2.24, 2.45) is 11.8 Å². The molecule has 12 heteroatoms. The van der Waals surface area contributed by atoms with Crippen LogP contribution in [-0.4, -0.2) is 104 Å². The van der Waals surface area contributed by atoms with Crippen LogP contribution in [0.2, 0.25) is 0 Å². The lowest BCUT2D eigenvalue weighted by Crippen LogP contribution is -2.60. The smallest absolute Gasteiger partial charge is 0.229 e. The molecule has 47 heavy (non-hydrogen) atoms. The lowest BCUT2D eigenvalue weighted by molar-refractivity contribution is -0.277. The van der Waals surface area contributed by atoms with E-state index in [1.807, 2.05) is 0 Å². The molecule has 2 aromatic carbocycles. The third-order valence-corrected chi connectivity index (χ3v) is 10.1. The van der Waals surface area contributed by atoms with Crippen LogP contribution in [0, 0.1) is 11.8 Å². The number of hydrogen-bond acceptors (Lipinski definition) is 12. The molecule has 4 heterocycles. The SMILES string of the molecule is CC1CCN(Cc2c(O)c(CN3CCC(C)CC3)c3occ(-c4ccc(OC5OC(CO)C(O)C(O)C5O)cc4)c(=O)c3c2O)CC1. The Bertz CT molecular complexity index is 1590. The molecule has 3 fully saturated rings. The van der Waals surface area contributed by atoms with Gasteiger partial charge >= 0.3 is 0 Å². The van der Waals surface area contributed by atoms with E-state index < -0.39 is 42.7 Å². The van der Waals surface area contributed by atoms with Gasteiger partial charge in [0.05, 0.1) is 23.3 Å². The fourth-order valence-corrected chi connectivity index (χ4v) is 6.85. The monoisotopic (exact) mass is 654 g/mol. The lowest BCUT2D eigenvalue weighted by Gasteiger charge is -2.39. The van der Waals surface area contributed by atoms with E-state index in [1.165, 1.54) is 6.26 Å². The summed E-state index contributed by atoms with van der Waals surface area (Å²) in [6.45, 7) is 7.99. The molecule has 0 saturated carbocycles. The molecule has 0 aliphatic carbocycles. The number of phenols is 2. The Hall–Kier alpha value is -3.23. The highest BCUT2D eigenvalue weighted by Crippen LogP contribution is 2.41. The van der Waals surface area contributed by atoms with Gasteiger partial charge in [0, 0.05) is 13.1 Å². The van der Waals surface area contributed by atoms with E-state index >= 15 is 0 Å². The van der Waals surface area contributed by atoms with Crippen molar-refractivity contribution >= 4 is 11.0 Å². The predicted molar refractivity (Wildman–Crippen MR) is 173 cm³/mol. The second-order valence-electron chi connectivity index (χ2n) is 13.6. The van der Waals surface area contributed by atoms with E-state index in [2.05, 4.69) is 23.6 Å². The van der Waals surface area contributed by atoms with Gasteiger partial charge < -0.3 is 44.5 Å². The van der Waals surface area contributed by atoms with Crippen molar-refractivity contribution in [3.63, 3.8) is 0 Å². The molecule has 0 spiro atoms. The van der Waals surface area contributed by atoms with Crippen LogP contribution in [0.3, 0.4) is 0 Å². The van der Waals surface area contributed by atoms with E-state index in [-0.39, 0.29) is 33.8 Å². The molecule has 0 amide bonds. The Balaban J connectivity index is 1.33. The number of piperidine rings is 2. The highest BCUT2D eigenvalue weighted by atomic mass is 16.7. The minimum atomic E-state index is -1.58. The van der Waals surface area contributed by atoms with Crippen molar-refractivity contribution in [2.75, 3.05) is 32.8 Å². The third kappa shape index (κ3) is 6.86. The number of hydrogen-bond donors (Lipinski definition) is 6. The molecule has 256 valence electrons. The number of fused-ring (bicyclic) bond motifs is 1. The molecule has 3 saturated heterocycles. The van der Waals surface area contributed by atoms with Gasteiger partial charge in [-0.05, 0) is 81.4 Å². The van der Waals surface area contributed by atoms with Gasteiger partial charge in [0.2, 0.25) is 11.7 Å². The Morgan fingerprint density at radius 2 is 1.38 bits per heavy atom. The van der Waals surface area contributed by atoms with Crippen LogP contribution >= 0.6 is 0 Å². The van der Waals surface area contributed by atoms with Gasteiger partial charge in [-0.25, -0.2) is 0 Å². The minimum absolute atomic E-state index is 0.0298. The van der Waals surface area contributed by atoms with Crippen molar-refractivity contribution in [2.45, 2.75) is 83.3 Å². The van der Waals surface area contributed by atoms with Gasteiger partial charge in [0.25, 0.3) is 0 Å². The normalized spacial score (nSPS) is 27.0. The first-order chi connectivity index (χ1) is 22.5. The standard InChI is InChI=1S/C35H46N2O10/c1-19-7-11-36(12-8-19)15-23-28(39)24(16-37-13-9-20(2)10-14-37)34-27(29(23)40)30(41)25(18-45-34)21-3-5-22(6-4-21)46-35-33(44)32(43)31(42)26(17-38)47-35/h3-6,18-20,26,31-33,35,38-40,42-44H,7-17H2,1-2H3. The summed E-state index contributed by atoms with van der Waals surface area (Å²) in [7, 11) is 0. The molecule has 3 aromatic rings. The van der Waals surface area contributed by atoms with E-state index in [1.54, 1.807) is 24.3 Å². The average Bonchev–Trinajstić information content (AvgIpc) is 3.07. The van der Waals surface area contributed by atoms with E-state index in [9.17, 15) is 35.4 Å². The topological polar surface area (TPSA) is 177 Å². The highest BCUT2D eigenvalue weighted by Gasteiger charge is 2.44. The van der Waals surface area contributed by atoms with Crippen LogP contribution in [0.25, 0.3) is 22.1 Å². The van der Waals surface area contributed by atoms with Gasteiger partial charge in [-0.1, -0.05) is 26.0 Å². The molecule has 5 unspecified atom stereocenters. The summed E-state index contributed by atoms with van der Waals surface area (Å²) < 4.78 is 17.2. The van der Waals surface area contributed by atoms with Crippen molar-refractivity contribution in [1.82, 2.24) is 9.80 Å². The first kappa shape index (κ1) is 33.7. The number of aliphatic hydroxyl groups is 4. The largest absolute Gasteiger partial charge is 0.507 e. The Kier molecular flexibility index (Phi) is 10.1. The number of phenolic OH excluding ortho intramolecular Hbond substituents is 2. The molecule has 6 rings (SSSR count). The fraction of sp³-hybridized carbons (Fsp3) is 0.571. The van der Waals surface area contributed by atoms with E-state index in [4.69, 9.17) is 13.9 Å². The molecule has 1 aromatic heterocycles. The van der Waals surface area contributed by atoms with Crippen LogP contribution in [0.4, 0.5) is 0 Å². The van der Waals surface area contributed by atoms with Gasteiger partial charge in [0.1, 0.15) is 58.9 Å². The maximum absolute atomic E-state index is 14.1. The molecule has 0 radical (unpaired) electrons. The van der Waals surface area contributed by atoms with Gasteiger partial charge in [0.15, 0.2) is 0 Å². The number of aliphatic hydroxyl groups excluding tert-OH is 4. The van der Waals surface area contributed by atoms with Crippen LogP contribution in [0.15, 0.2) is 39.7 Å². The van der Waals surface area contributed by atoms with Gasteiger partial charge in [-0.15, -0.1) is 0 Å². The number of likely N-dealkylation sites (tertiary alicyclic amines) is 2. The predicted octanol–water partition coefficient (Wildman–Crippen LogP) is 2.51. The molecular formula is C35H46N2O10. The first-order valence-corrected chi connectivity index (χ1v) is 16.6. The average molecular weight is 655 g/mol. The number of ether oxygens (including phenoxy) is 2. The van der Waals surface area contributed by atoms with Crippen LogP contribution in [0.1, 0.15) is 50.7 Å². The highest BCUT2D eigenvalue weighted by molar-refractivity contribution is 5.92. The number of aromatic hydroxyl groups is 2. The number of rotatable bonds is 8. The first-order valence-electron chi connectivity index (χ1n) is 16.6. The molecule has 3 aliphatic heterocycles. The van der Waals surface area contributed by atoms with Crippen LogP contribution in [-0.2, 0) is 17.8 Å². The lowest BCUT2D eigenvalue weighted by atomic mass is 9.95. The molecule has 6 N–H and O–H groups in total. The summed E-state index contributed by atoms with van der Waals surface area (Å²) in [5.41, 5.74) is 1.25. The summed E-state index contributed by atoms with van der Waals surface area (Å²) in [6, 6.07) is 6.31. The van der Waals surface area contributed by atoms with Crippen LogP contribution < -0.4 is 10.2 Å². The summed E-state index contributed by atoms with van der Waals surface area (Å²) in [6.07, 6.45) is -1.64. The van der Waals surface area contributed by atoms with Crippen molar-refractivity contribution in [3.05, 3.63) is 51.9 Å². The van der Waals surface area contributed by atoms with E-state index in [0.29, 0.717) is 41.6 Å². The zero-order valence-corrected chi connectivity index (χ0v) is 26.9. The maximum atomic E-state index is 14.1. The quantitative estimate of drug-likeness (QED) is 0.210. The minimum Gasteiger partial charge on any atom is -0.507 e. The molecule has 3 aliphatic rings. The fourth-order valence-electron chi connectivity index (χ4n) is 6.85. The van der Waals surface area contributed by atoms with Crippen molar-refractivity contribution < 1.29 is 44.5 Å². The van der Waals surface area contributed by atoms with Crippen LogP contribution in [0.5, 0.6) is 17.2 Å². The summed E-state index contributed by atoms with van der Waals surface area (Å²) in [5, 5.41) is 63.1. The summed E-state index contributed by atoms with van der Waals surface area (Å²) >= 11 is 0. The molecular weight excluding hydrogens is 608 g/mol. The Morgan fingerprint density at radius 1 is 0.809 bits per heavy atom.